The molecule has 2 aliphatic rings. The summed E-state index contributed by atoms with van der Waals surface area (Å²) in [5, 5.41) is 0. The number of amides is 1. The monoisotopic (exact) mass is 234 g/mol. The van der Waals surface area contributed by atoms with Crippen LogP contribution >= 0.6 is 0 Å². The van der Waals surface area contributed by atoms with E-state index in [1.165, 1.54) is 0 Å². The lowest BCUT2D eigenvalue weighted by molar-refractivity contribution is -0.132. The third kappa shape index (κ3) is 2.01. The molecule has 0 N–H and O–H groups in total. The van der Waals surface area contributed by atoms with Gasteiger partial charge in [0.25, 0.3) is 0 Å². The first-order chi connectivity index (χ1) is 8.25. The molecular formula is C12H18N4O. The molecule has 0 atom stereocenters. The highest BCUT2D eigenvalue weighted by Gasteiger charge is 2.34. The van der Waals surface area contributed by atoms with Crippen LogP contribution in [0.4, 0.5) is 5.95 Å². The summed E-state index contributed by atoms with van der Waals surface area (Å²) in [5.74, 6) is 1.71. The maximum atomic E-state index is 11.9. The SMILES string of the molecule is Cn1ccnc1N1CCN(C(=O)C2CC2)CC1. The van der Waals surface area contributed by atoms with Crippen LogP contribution < -0.4 is 4.90 Å². The minimum atomic E-state index is 0.342. The van der Waals surface area contributed by atoms with Crippen molar-refractivity contribution in [1.82, 2.24) is 14.5 Å². The molecule has 0 radical (unpaired) electrons. The van der Waals surface area contributed by atoms with E-state index in [-0.39, 0.29) is 0 Å². The topological polar surface area (TPSA) is 41.4 Å². The van der Waals surface area contributed by atoms with Crippen LogP contribution in [0.5, 0.6) is 0 Å². The van der Waals surface area contributed by atoms with Crippen LogP contribution in [0.3, 0.4) is 0 Å². The molecule has 1 saturated heterocycles. The second-order valence-electron chi connectivity index (χ2n) is 4.92. The molecular weight excluding hydrogens is 216 g/mol. The Bertz CT molecular complexity index is 416. The maximum absolute atomic E-state index is 11.9. The van der Waals surface area contributed by atoms with Crippen molar-refractivity contribution in [3.63, 3.8) is 0 Å². The number of carbonyl (C=O) groups is 1. The Hall–Kier alpha value is -1.52. The Kier molecular flexibility index (Phi) is 2.53. The Balaban J connectivity index is 1.60. The molecule has 1 aliphatic carbocycles. The van der Waals surface area contributed by atoms with E-state index in [2.05, 4.69) is 9.88 Å². The molecule has 5 nitrogen and oxygen atoms in total. The highest BCUT2D eigenvalue weighted by Crippen LogP contribution is 2.31. The third-order valence-electron chi connectivity index (χ3n) is 3.60. The van der Waals surface area contributed by atoms with Gasteiger partial charge >= 0.3 is 0 Å². The van der Waals surface area contributed by atoms with Crippen LogP contribution in [0, 0.1) is 5.92 Å². The molecule has 1 saturated carbocycles. The molecule has 2 heterocycles. The van der Waals surface area contributed by atoms with E-state index in [1.807, 2.05) is 28.9 Å². The van der Waals surface area contributed by atoms with Gasteiger partial charge in [0.1, 0.15) is 0 Å². The van der Waals surface area contributed by atoms with Crippen molar-refractivity contribution in [3.8, 4) is 0 Å². The number of rotatable bonds is 2. The molecule has 1 amide bonds. The van der Waals surface area contributed by atoms with Gasteiger partial charge in [-0.25, -0.2) is 4.98 Å². The predicted molar refractivity (Wildman–Crippen MR) is 64.7 cm³/mol. The van der Waals surface area contributed by atoms with E-state index >= 15 is 0 Å². The number of piperazine rings is 1. The first-order valence-electron chi connectivity index (χ1n) is 6.27. The van der Waals surface area contributed by atoms with E-state index in [4.69, 9.17) is 0 Å². The average Bonchev–Trinajstić information content (AvgIpc) is 3.12. The fraction of sp³-hybridized carbons (Fsp3) is 0.667. The van der Waals surface area contributed by atoms with Crippen LogP contribution in [-0.2, 0) is 11.8 Å². The molecule has 92 valence electrons. The van der Waals surface area contributed by atoms with Gasteiger partial charge in [0, 0.05) is 51.5 Å². The van der Waals surface area contributed by atoms with Crippen LogP contribution in [0.1, 0.15) is 12.8 Å². The molecule has 1 aliphatic heterocycles. The molecule has 0 aromatic carbocycles. The van der Waals surface area contributed by atoms with Crippen molar-refractivity contribution in [2.75, 3.05) is 31.1 Å². The van der Waals surface area contributed by atoms with Crippen molar-refractivity contribution in [3.05, 3.63) is 12.4 Å². The van der Waals surface area contributed by atoms with Gasteiger partial charge in [0.05, 0.1) is 0 Å². The number of imidazole rings is 1. The average molecular weight is 234 g/mol. The summed E-state index contributed by atoms with van der Waals surface area (Å²) in [4.78, 5) is 20.5. The summed E-state index contributed by atoms with van der Waals surface area (Å²) in [6.07, 6.45) is 5.96. The minimum Gasteiger partial charge on any atom is -0.339 e. The van der Waals surface area contributed by atoms with Crippen molar-refractivity contribution < 1.29 is 4.79 Å². The minimum absolute atomic E-state index is 0.342. The molecule has 0 spiro atoms. The van der Waals surface area contributed by atoms with E-state index in [0.717, 1.165) is 45.0 Å². The number of hydrogen-bond donors (Lipinski definition) is 0. The summed E-state index contributed by atoms with van der Waals surface area (Å²) in [6.45, 7) is 3.46. The molecule has 2 fully saturated rings. The zero-order chi connectivity index (χ0) is 11.8. The molecule has 3 rings (SSSR count). The summed E-state index contributed by atoms with van der Waals surface area (Å²) in [5.41, 5.74) is 0. The lowest BCUT2D eigenvalue weighted by Gasteiger charge is -2.35. The number of nitrogens with zero attached hydrogens (tertiary/aromatic N) is 4. The summed E-state index contributed by atoms with van der Waals surface area (Å²) >= 11 is 0. The maximum Gasteiger partial charge on any atom is 0.225 e. The zero-order valence-electron chi connectivity index (χ0n) is 10.2. The molecule has 1 aromatic rings. The third-order valence-corrected chi connectivity index (χ3v) is 3.60. The Morgan fingerprint density at radius 1 is 1.29 bits per heavy atom. The summed E-state index contributed by atoms with van der Waals surface area (Å²) in [6, 6.07) is 0. The second-order valence-corrected chi connectivity index (χ2v) is 4.92. The van der Waals surface area contributed by atoms with Gasteiger partial charge in [-0.15, -0.1) is 0 Å². The van der Waals surface area contributed by atoms with E-state index in [1.54, 1.807) is 0 Å². The van der Waals surface area contributed by atoms with E-state index in [9.17, 15) is 4.79 Å². The fourth-order valence-corrected chi connectivity index (χ4v) is 2.38. The van der Waals surface area contributed by atoms with E-state index < -0.39 is 0 Å². The first-order valence-corrected chi connectivity index (χ1v) is 6.27. The van der Waals surface area contributed by atoms with Crippen LogP contribution in [0.2, 0.25) is 0 Å². The van der Waals surface area contributed by atoms with Gasteiger partial charge in [-0.2, -0.15) is 0 Å². The lowest BCUT2D eigenvalue weighted by Crippen LogP contribution is -2.49. The van der Waals surface area contributed by atoms with Gasteiger partial charge in [-0.3, -0.25) is 4.79 Å². The number of carbonyl (C=O) groups excluding carboxylic acids is 1. The molecule has 0 unspecified atom stereocenters. The fourth-order valence-electron chi connectivity index (χ4n) is 2.38. The smallest absolute Gasteiger partial charge is 0.225 e. The van der Waals surface area contributed by atoms with Crippen LogP contribution in [-0.4, -0.2) is 46.5 Å². The summed E-state index contributed by atoms with van der Waals surface area (Å²) in [7, 11) is 2.00. The number of aromatic nitrogens is 2. The number of aryl methyl sites for hydroxylation is 1. The highest BCUT2D eigenvalue weighted by molar-refractivity contribution is 5.81. The molecule has 5 heteroatoms. The van der Waals surface area contributed by atoms with Crippen LogP contribution in [0.25, 0.3) is 0 Å². The zero-order valence-corrected chi connectivity index (χ0v) is 10.2. The largest absolute Gasteiger partial charge is 0.339 e. The Labute approximate surface area is 101 Å². The standard InChI is InChI=1S/C12H18N4O/c1-14-5-4-13-12(14)16-8-6-15(7-9-16)11(17)10-2-3-10/h4-5,10H,2-3,6-9H2,1H3. The van der Waals surface area contributed by atoms with Gasteiger partial charge in [0.15, 0.2) is 0 Å². The normalized spacial score (nSPS) is 20.8. The molecule has 0 bridgehead atoms. The Morgan fingerprint density at radius 3 is 2.53 bits per heavy atom. The van der Waals surface area contributed by atoms with Gasteiger partial charge < -0.3 is 14.4 Å². The van der Waals surface area contributed by atoms with E-state index in [0.29, 0.717) is 11.8 Å². The Morgan fingerprint density at radius 2 is 2.00 bits per heavy atom. The quantitative estimate of drug-likeness (QED) is 0.747. The van der Waals surface area contributed by atoms with Crippen molar-refractivity contribution >= 4 is 11.9 Å². The molecule has 17 heavy (non-hydrogen) atoms. The van der Waals surface area contributed by atoms with Gasteiger partial charge in [-0.05, 0) is 12.8 Å². The predicted octanol–water partition coefficient (Wildman–Crippen LogP) is 0.479. The summed E-state index contributed by atoms with van der Waals surface area (Å²) < 4.78 is 2.03. The second kappa shape index (κ2) is 4.05. The van der Waals surface area contributed by atoms with Crippen molar-refractivity contribution in [2.24, 2.45) is 13.0 Å². The van der Waals surface area contributed by atoms with Crippen molar-refractivity contribution in [1.29, 1.82) is 0 Å². The molecule has 1 aromatic heterocycles. The van der Waals surface area contributed by atoms with Gasteiger partial charge in [-0.1, -0.05) is 0 Å². The lowest BCUT2D eigenvalue weighted by atomic mass is 10.3. The van der Waals surface area contributed by atoms with Crippen molar-refractivity contribution in [2.45, 2.75) is 12.8 Å². The van der Waals surface area contributed by atoms with Crippen LogP contribution in [0.15, 0.2) is 12.4 Å². The number of hydrogen-bond acceptors (Lipinski definition) is 3. The first kappa shape index (κ1) is 10.6. The highest BCUT2D eigenvalue weighted by atomic mass is 16.2. The van der Waals surface area contributed by atoms with Gasteiger partial charge in [0.2, 0.25) is 11.9 Å². The number of anilines is 1.